The SMILES string of the molecule is C=CCOC(=O)N[C@@H](COCCOC)C(=O)O. The van der Waals surface area contributed by atoms with Gasteiger partial charge in [0.05, 0.1) is 19.8 Å². The first-order chi connectivity index (χ1) is 8.11. The zero-order valence-corrected chi connectivity index (χ0v) is 9.68. The second-order valence-electron chi connectivity index (χ2n) is 2.99. The molecule has 7 heteroatoms. The minimum Gasteiger partial charge on any atom is -0.480 e. The van der Waals surface area contributed by atoms with Crippen LogP contribution in [-0.2, 0) is 19.0 Å². The number of carbonyl (C=O) groups excluding carboxylic acids is 1. The average molecular weight is 247 g/mol. The van der Waals surface area contributed by atoms with E-state index in [1.165, 1.54) is 13.2 Å². The van der Waals surface area contributed by atoms with Gasteiger partial charge in [0.1, 0.15) is 6.61 Å². The molecule has 0 aromatic heterocycles. The first-order valence-corrected chi connectivity index (χ1v) is 4.95. The zero-order valence-electron chi connectivity index (χ0n) is 9.68. The molecule has 1 amide bonds. The number of nitrogens with one attached hydrogen (secondary N) is 1. The molecule has 0 aliphatic rings. The molecule has 0 spiro atoms. The summed E-state index contributed by atoms with van der Waals surface area (Å²) in [5.74, 6) is -1.20. The van der Waals surface area contributed by atoms with Gasteiger partial charge in [0.2, 0.25) is 0 Å². The standard InChI is InChI=1S/C10H17NO6/c1-3-4-17-10(14)11-8(9(12)13)7-16-6-5-15-2/h3,8H,1,4-7H2,2H3,(H,11,14)(H,12,13)/t8-/m0/s1. The lowest BCUT2D eigenvalue weighted by molar-refractivity contribution is -0.141. The van der Waals surface area contributed by atoms with Crippen LogP contribution in [0.25, 0.3) is 0 Å². The van der Waals surface area contributed by atoms with Gasteiger partial charge in [0, 0.05) is 7.11 Å². The Hall–Kier alpha value is -1.60. The van der Waals surface area contributed by atoms with Crippen molar-refractivity contribution in [3.8, 4) is 0 Å². The quantitative estimate of drug-likeness (QED) is 0.440. The van der Waals surface area contributed by atoms with E-state index in [4.69, 9.17) is 14.6 Å². The smallest absolute Gasteiger partial charge is 0.408 e. The zero-order chi connectivity index (χ0) is 13.1. The number of carboxylic acid groups (broad SMARTS) is 1. The van der Waals surface area contributed by atoms with Crippen molar-refractivity contribution in [1.82, 2.24) is 5.32 Å². The number of aliphatic carboxylic acids is 1. The van der Waals surface area contributed by atoms with Gasteiger partial charge in [-0.15, -0.1) is 0 Å². The molecule has 0 heterocycles. The molecule has 17 heavy (non-hydrogen) atoms. The molecule has 0 aliphatic carbocycles. The summed E-state index contributed by atoms with van der Waals surface area (Å²) in [6.45, 7) is 3.83. The van der Waals surface area contributed by atoms with Crippen LogP contribution in [0.2, 0.25) is 0 Å². The van der Waals surface area contributed by atoms with E-state index in [0.717, 1.165) is 0 Å². The summed E-state index contributed by atoms with van der Waals surface area (Å²) in [6.07, 6.45) is 0.553. The van der Waals surface area contributed by atoms with Crippen LogP contribution in [0, 0.1) is 0 Å². The minimum atomic E-state index is -1.20. The van der Waals surface area contributed by atoms with Crippen molar-refractivity contribution >= 4 is 12.1 Å². The molecule has 1 atom stereocenters. The van der Waals surface area contributed by atoms with Gasteiger partial charge in [0.15, 0.2) is 6.04 Å². The van der Waals surface area contributed by atoms with Gasteiger partial charge < -0.3 is 24.6 Å². The van der Waals surface area contributed by atoms with Gasteiger partial charge in [-0.3, -0.25) is 0 Å². The molecule has 2 N–H and O–H groups in total. The first kappa shape index (κ1) is 15.4. The molecule has 7 nitrogen and oxygen atoms in total. The summed E-state index contributed by atoms with van der Waals surface area (Å²) in [4.78, 5) is 21.9. The minimum absolute atomic E-state index is 0.0166. The highest BCUT2D eigenvalue weighted by atomic mass is 16.6. The number of carboxylic acids is 1. The highest BCUT2D eigenvalue weighted by Gasteiger charge is 2.20. The maximum atomic E-state index is 11.1. The Kier molecular flexibility index (Phi) is 8.71. The van der Waals surface area contributed by atoms with Crippen LogP contribution in [0.3, 0.4) is 0 Å². The Morgan fingerprint density at radius 3 is 2.71 bits per heavy atom. The van der Waals surface area contributed by atoms with Gasteiger partial charge in [0.25, 0.3) is 0 Å². The van der Waals surface area contributed by atoms with Crippen molar-refractivity contribution in [3.63, 3.8) is 0 Å². The molecule has 0 saturated heterocycles. The predicted octanol–water partition coefficient (Wildman–Crippen LogP) is 0.0148. The number of ether oxygens (including phenoxy) is 3. The number of carbonyl (C=O) groups is 2. The van der Waals surface area contributed by atoms with Gasteiger partial charge in [-0.25, -0.2) is 9.59 Å². The fourth-order valence-corrected chi connectivity index (χ4v) is 0.837. The van der Waals surface area contributed by atoms with Crippen molar-refractivity contribution in [1.29, 1.82) is 0 Å². The van der Waals surface area contributed by atoms with Gasteiger partial charge in [-0.05, 0) is 0 Å². The third-order valence-corrected chi connectivity index (χ3v) is 1.64. The summed E-state index contributed by atoms with van der Waals surface area (Å²) in [6, 6.07) is -1.15. The molecule has 0 aliphatic heterocycles. The van der Waals surface area contributed by atoms with Crippen LogP contribution in [0.5, 0.6) is 0 Å². The number of rotatable bonds is 9. The maximum absolute atomic E-state index is 11.1. The van der Waals surface area contributed by atoms with Gasteiger partial charge >= 0.3 is 12.1 Å². The number of methoxy groups -OCH3 is 1. The fourth-order valence-electron chi connectivity index (χ4n) is 0.837. The van der Waals surface area contributed by atoms with Crippen molar-refractivity contribution in [3.05, 3.63) is 12.7 Å². The average Bonchev–Trinajstić information content (AvgIpc) is 2.30. The third-order valence-electron chi connectivity index (χ3n) is 1.64. The molecule has 98 valence electrons. The van der Waals surface area contributed by atoms with E-state index >= 15 is 0 Å². The van der Waals surface area contributed by atoms with Gasteiger partial charge in [-0.1, -0.05) is 12.7 Å². The summed E-state index contributed by atoms with van der Waals surface area (Å²) in [5.41, 5.74) is 0. The summed E-state index contributed by atoms with van der Waals surface area (Å²) in [5, 5.41) is 11.0. The second-order valence-corrected chi connectivity index (χ2v) is 2.99. The first-order valence-electron chi connectivity index (χ1n) is 4.95. The van der Waals surface area contributed by atoms with E-state index in [-0.39, 0.29) is 19.8 Å². The molecule has 0 bridgehead atoms. The van der Waals surface area contributed by atoms with Crippen LogP contribution < -0.4 is 5.32 Å². The van der Waals surface area contributed by atoms with E-state index in [1.54, 1.807) is 0 Å². The molecule has 0 aromatic carbocycles. The number of hydrogen-bond acceptors (Lipinski definition) is 5. The van der Waals surface area contributed by atoms with Crippen molar-refractivity contribution in [2.75, 3.05) is 33.5 Å². The highest BCUT2D eigenvalue weighted by molar-refractivity contribution is 5.80. The molecule has 0 radical (unpaired) electrons. The van der Waals surface area contributed by atoms with E-state index in [9.17, 15) is 9.59 Å². The Balaban J connectivity index is 3.93. The normalized spacial score (nSPS) is 11.6. The van der Waals surface area contributed by atoms with Crippen LogP contribution in [0.4, 0.5) is 4.79 Å². The van der Waals surface area contributed by atoms with Crippen LogP contribution in [0.15, 0.2) is 12.7 Å². The van der Waals surface area contributed by atoms with Crippen LogP contribution >= 0.6 is 0 Å². The molecule has 0 aromatic rings. The summed E-state index contributed by atoms with van der Waals surface area (Å²) in [7, 11) is 1.50. The van der Waals surface area contributed by atoms with E-state index in [1.807, 2.05) is 0 Å². The Morgan fingerprint density at radius 2 is 2.18 bits per heavy atom. The van der Waals surface area contributed by atoms with Crippen LogP contribution in [-0.4, -0.2) is 56.7 Å². The topological polar surface area (TPSA) is 94.1 Å². The molecular weight excluding hydrogens is 230 g/mol. The highest BCUT2D eigenvalue weighted by Crippen LogP contribution is 1.90. The number of hydrogen-bond donors (Lipinski definition) is 2. The molecule has 0 unspecified atom stereocenters. The van der Waals surface area contributed by atoms with Crippen molar-refractivity contribution in [2.24, 2.45) is 0 Å². The monoisotopic (exact) mass is 247 g/mol. The maximum Gasteiger partial charge on any atom is 0.408 e. The summed E-state index contributed by atoms with van der Waals surface area (Å²) < 4.78 is 14.3. The largest absolute Gasteiger partial charge is 0.480 e. The fraction of sp³-hybridized carbons (Fsp3) is 0.600. The predicted molar refractivity (Wildman–Crippen MR) is 58.8 cm³/mol. The third kappa shape index (κ3) is 8.23. The Bertz CT molecular complexity index is 255. The summed E-state index contributed by atoms with van der Waals surface area (Å²) >= 11 is 0. The van der Waals surface area contributed by atoms with Crippen LogP contribution in [0.1, 0.15) is 0 Å². The Morgan fingerprint density at radius 1 is 1.47 bits per heavy atom. The lowest BCUT2D eigenvalue weighted by Crippen LogP contribution is -2.44. The second kappa shape index (κ2) is 9.61. The van der Waals surface area contributed by atoms with Crippen molar-refractivity contribution < 1.29 is 28.9 Å². The lowest BCUT2D eigenvalue weighted by atomic mass is 10.3. The Labute approximate surface area is 99.3 Å². The van der Waals surface area contributed by atoms with E-state index < -0.39 is 18.1 Å². The molecule has 0 saturated carbocycles. The van der Waals surface area contributed by atoms with Gasteiger partial charge in [-0.2, -0.15) is 0 Å². The molecule has 0 fully saturated rings. The van der Waals surface area contributed by atoms with Crippen molar-refractivity contribution in [2.45, 2.75) is 6.04 Å². The van der Waals surface area contributed by atoms with E-state index in [0.29, 0.717) is 6.61 Å². The van der Waals surface area contributed by atoms with E-state index in [2.05, 4.69) is 16.6 Å². The molecular formula is C10H17NO6. The number of amides is 1. The lowest BCUT2D eigenvalue weighted by Gasteiger charge is -2.14. The molecule has 0 rings (SSSR count). The number of alkyl carbamates (subject to hydrolysis) is 1.